The Bertz CT molecular complexity index is 450. The van der Waals surface area contributed by atoms with E-state index in [9.17, 15) is 0 Å². The highest BCUT2D eigenvalue weighted by Gasteiger charge is 2.20. The Morgan fingerprint density at radius 1 is 1.43 bits per heavy atom. The molecule has 21 heavy (non-hydrogen) atoms. The van der Waals surface area contributed by atoms with E-state index in [2.05, 4.69) is 41.1 Å². The summed E-state index contributed by atoms with van der Waals surface area (Å²) in [5, 5.41) is 3.16. The highest BCUT2D eigenvalue weighted by Crippen LogP contribution is 2.21. The molecule has 1 aromatic heterocycles. The van der Waals surface area contributed by atoms with Crippen LogP contribution in [0.5, 0.6) is 5.75 Å². The molecule has 0 aliphatic carbocycles. The summed E-state index contributed by atoms with van der Waals surface area (Å²) in [4.78, 5) is 11.5. The standard InChI is InChI=1S/C16H28N4O/c1-12(2)16-18-10-15(14(19-16)9-17-3)21-11-13-7-5-6-8-20(13)4/h10,12-13,17H,5-9,11H2,1-4H3. The minimum absolute atomic E-state index is 0.333. The van der Waals surface area contributed by atoms with Crippen LogP contribution in [0.2, 0.25) is 0 Å². The van der Waals surface area contributed by atoms with E-state index in [0.29, 0.717) is 18.5 Å². The fourth-order valence-corrected chi connectivity index (χ4v) is 2.66. The van der Waals surface area contributed by atoms with E-state index in [0.717, 1.165) is 23.9 Å². The van der Waals surface area contributed by atoms with E-state index < -0.39 is 0 Å². The van der Waals surface area contributed by atoms with Gasteiger partial charge in [0.2, 0.25) is 0 Å². The van der Waals surface area contributed by atoms with Crippen molar-refractivity contribution < 1.29 is 4.74 Å². The third-order valence-corrected chi connectivity index (χ3v) is 4.06. The first-order valence-corrected chi connectivity index (χ1v) is 7.95. The van der Waals surface area contributed by atoms with Gasteiger partial charge >= 0.3 is 0 Å². The summed E-state index contributed by atoms with van der Waals surface area (Å²) >= 11 is 0. The number of piperidine rings is 1. The monoisotopic (exact) mass is 292 g/mol. The predicted octanol–water partition coefficient (Wildman–Crippen LogP) is 2.18. The summed E-state index contributed by atoms with van der Waals surface area (Å²) in [6.07, 6.45) is 5.63. The SMILES string of the molecule is CNCc1nc(C(C)C)ncc1OCC1CCCCN1C. The van der Waals surface area contributed by atoms with Gasteiger partial charge in [-0.05, 0) is 33.5 Å². The normalized spacial score (nSPS) is 20.0. The van der Waals surface area contributed by atoms with Crippen LogP contribution in [-0.2, 0) is 6.54 Å². The molecule has 1 aliphatic heterocycles. The van der Waals surface area contributed by atoms with Gasteiger partial charge in [0.25, 0.3) is 0 Å². The van der Waals surface area contributed by atoms with E-state index >= 15 is 0 Å². The zero-order valence-corrected chi connectivity index (χ0v) is 13.7. The van der Waals surface area contributed by atoms with E-state index in [1.807, 2.05) is 13.2 Å². The lowest BCUT2D eigenvalue weighted by Crippen LogP contribution is -2.40. The number of likely N-dealkylation sites (tertiary alicyclic amines) is 1. The fourth-order valence-electron chi connectivity index (χ4n) is 2.66. The van der Waals surface area contributed by atoms with Gasteiger partial charge in [-0.25, -0.2) is 9.97 Å². The first-order chi connectivity index (χ1) is 10.1. The summed E-state index contributed by atoms with van der Waals surface area (Å²) in [6.45, 7) is 6.81. The molecule has 0 saturated carbocycles. The molecule has 1 saturated heterocycles. The number of nitrogens with one attached hydrogen (secondary N) is 1. The maximum absolute atomic E-state index is 6.03. The lowest BCUT2D eigenvalue weighted by Gasteiger charge is -2.32. The van der Waals surface area contributed by atoms with Gasteiger partial charge in [0.05, 0.1) is 11.9 Å². The molecule has 0 radical (unpaired) electrons. The van der Waals surface area contributed by atoms with Crippen molar-refractivity contribution in [3.8, 4) is 5.75 Å². The molecule has 1 aromatic rings. The Morgan fingerprint density at radius 2 is 2.24 bits per heavy atom. The van der Waals surface area contributed by atoms with Crippen LogP contribution in [0.1, 0.15) is 50.5 Å². The predicted molar refractivity (Wildman–Crippen MR) is 84.6 cm³/mol. The van der Waals surface area contributed by atoms with Gasteiger partial charge in [0, 0.05) is 18.5 Å². The molecule has 0 amide bonds. The Morgan fingerprint density at radius 3 is 2.90 bits per heavy atom. The van der Waals surface area contributed by atoms with Crippen molar-refractivity contribution in [1.82, 2.24) is 20.2 Å². The number of rotatable bonds is 6. The third kappa shape index (κ3) is 4.38. The van der Waals surface area contributed by atoms with Gasteiger partial charge in [-0.2, -0.15) is 0 Å². The number of aromatic nitrogens is 2. The molecule has 118 valence electrons. The van der Waals surface area contributed by atoms with Crippen molar-refractivity contribution in [3.05, 3.63) is 17.7 Å². The molecule has 1 unspecified atom stereocenters. The summed E-state index contributed by atoms with van der Waals surface area (Å²) in [5.41, 5.74) is 0.953. The molecule has 1 atom stereocenters. The minimum atomic E-state index is 0.333. The van der Waals surface area contributed by atoms with Crippen molar-refractivity contribution in [2.45, 2.75) is 51.6 Å². The zero-order chi connectivity index (χ0) is 15.2. The highest BCUT2D eigenvalue weighted by molar-refractivity contribution is 5.25. The zero-order valence-electron chi connectivity index (χ0n) is 13.7. The van der Waals surface area contributed by atoms with Crippen molar-refractivity contribution in [2.24, 2.45) is 0 Å². The quantitative estimate of drug-likeness (QED) is 0.871. The molecule has 1 fully saturated rings. The Balaban J connectivity index is 2.04. The molecule has 1 aliphatic rings. The van der Waals surface area contributed by atoms with Crippen molar-refractivity contribution in [1.29, 1.82) is 0 Å². The van der Waals surface area contributed by atoms with Crippen LogP contribution in [0.3, 0.4) is 0 Å². The van der Waals surface area contributed by atoms with Gasteiger partial charge in [-0.15, -0.1) is 0 Å². The van der Waals surface area contributed by atoms with Crippen LogP contribution in [0.25, 0.3) is 0 Å². The van der Waals surface area contributed by atoms with E-state index in [1.54, 1.807) is 0 Å². The topological polar surface area (TPSA) is 50.3 Å². The average Bonchev–Trinajstić information content (AvgIpc) is 2.47. The van der Waals surface area contributed by atoms with E-state index in [4.69, 9.17) is 4.74 Å². The summed E-state index contributed by atoms with van der Waals surface area (Å²) in [6, 6.07) is 0.506. The highest BCUT2D eigenvalue weighted by atomic mass is 16.5. The fraction of sp³-hybridized carbons (Fsp3) is 0.750. The number of ether oxygens (including phenoxy) is 1. The van der Waals surface area contributed by atoms with Crippen LogP contribution in [0.15, 0.2) is 6.20 Å². The Hall–Kier alpha value is -1.20. The maximum Gasteiger partial charge on any atom is 0.160 e. The first kappa shape index (κ1) is 16.2. The molecular formula is C16H28N4O. The molecular weight excluding hydrogens is 264 g/mol. The van der Waals surface area contributed by atoms with Crippen molar-refractivity contribution >= 4 is 0 Å². The Kier molecular flexibility index (Phi) is 5.94. The minimum Gasteiger partial charge on any atom is -0.488 e. The largest absolute Gasteiger partial charge is 0.488 e. The van der Waals surface area contributed by atoms with E-state index in [1.165, 1.54) is 25.8 Å². The van der Waals surface area contributed by atoms with Crippen LogP contribution in [-0.4, -0.2) is 48.2 Å². The molecule has 0 spiro atoms. The molecule has 0 aromatic carbocycles. The third-order valence-electron chi connectivity index (χ3n) is 4.06. The van der Waals surface area contributed by atoms with Gasteiger partial charge in [-0.3, -0.25) is 0 Å². The number of nitrogens with zero attached hydrogens (tertiary/aromatic N) is 3. The van der Waals surface area contributed by atoms with Crippen LogP contribution < -0.4 is 10.1 Å². The second-order valence-electron chi connectivity index (χ2n) is 6.17. The summed E-state index contributed by atoms with van der Waals surface area (Å²) < 4.78 is 6.03. The van der Waals surface area contributed by atoms with Crippen LogP contribution in [0.4, 0.5) is 0 Å². The first-order valence-electron chi connectivity index (χ1n) is 7.95. The number of likely N-dealkylation sites (N-methyl/N-ethyl adjacent to an activating group) is 1. The summed E-state index contributed by atoms with van der Waals surface area (Å²) in [5.74, 6) is 2.02. The maximum atomic E-state index is 6.03. The lowest BCUT2D eigenvalue weighted by molar-refractivity contribution is 0.124. The molecule has 5 nitrogen and oxygen atoms in total. The Labute approximate surface area is 128 Å². The van der Waals surface area contributed by atoms with Gasteiger partial charge in [0.1, 0.15) is 12.4 Å². The molecule has 5 heteroatoms. The molecule has 2 heterocycles. The molecule has 1 N–H and O–H groups in total. The van der Waals surface area contributed by atoms with Gasteiger partial charge < -0.3 is 15.0 Å². The van der Waals surface area contributed by atoms with Crippen molar-refractivity contribution in [2.75, 3.05) is 27.2 Å². The smallest absolute Gasteiger partial charge is 0.160 e. The van der Waals surface area contributed by atoms with Crippen molar-refractivity contribution in [3.63, 3.8) is 0 Å². The number of hydrogen-bond donors (Lipinski definition) is 1. The van der Waals surface area contributed by atoms with E-state index in [-0.39, 0.29) is 0 Å². The average molecular weight is 292 g/mol. The molecule has 0 bridgehead atoms. The second kappa shape index (κ2) is 7.71. The number of hydrogen-bond acceptors (Lipinski definition) is 5. The van der Waals surface area contributed by atoms with Gasteiger partial charge in [0.15, 0.2) is 5.75 Å². The summed E-state index contributed by atoms with van der Waals surface area (Å²) in [7, 11) is 4.11. The van der Waals surface area contributed by atoms with Crippen LogP contribution in [0, 0.1) is 0 Å². The van der Waals surface area contributed by atoms with Crippen LogP contribution >= 0.6 is 0 Å². The molecule has 2 rings (SSSR count). The second-order valence-corrected chi connectivity index (χ2v) is 6.17. The lowest BCUT2D eigenvalue weighted by atomic mass is 10.0. The van der Waals surface area contributed by atoms with Gasteiger partial charge in [-0.1, -0.05) is 20.3 Å².